The molecular weight excluding hydrogens is 383 g/mol. The number of hydrogen-bond donors (Lipinski definition) is 1. The van der Waals surface area contributed by atoms with Crippen LogP contribution in [0.3, 0.4) is 0 Å². The minimum atomic E-state index is -3.11. The van der Waals surface area contributed by atoms with Gasteiger partial charge < -0.3 is 19.0 Å². The lowest BCUT2D eigenvalue weighted by Gasteiger charge is -2.45. The van der Waals surface area contributed by atoms with Crippen LogP contribution in [-0.4, -0.2) is 30.6 Å². The fourth-order valence-electron chi connectivity index (χ4n) is 3.68. The number of carbonyl (C=O) groups is 1. The predicted molar refractivity (Wildman–Crippen MR) is 121 cm³/mol. The average molecular weight is 411 g/mol. The Balaban J connectivity index is 2.08. The van der Waals surface area contributed by atoms with Crippen molar-refractivity contribution in [3.63, 3.8) is 0 Å². The van der Waals surface area contributed by atoms with E-state index in [9.17, 15) is 9.69 Å². The Morgan fingerprint density at radius 3 is 2.00 bits per heavy atom. The highest BCUT2D eigenvalue weighted by atomic mass is 31.2. The molecule has 0 spiro atoms. The van der Waals surface area contributed by atoms with Crippen LogP contribution in [0.15, 0.2) is 85.2 Å². The van der Waals surface area contributed by atoms with Crippen LogP contribution in [0.25, 0.3) is 0 Å². The first-order valence-corrected chi connectivity index (χ1v) is 11.4. The van der Waals surface area contributed by atoms with E-state index in [2.05, 4.69) is 13.2 Å². The zero-order valence-corrected chi connectivity index (χ0v) is 17.7. The zero-order chi connectivity index (χ0) is 20.9. The third kappa shape index (κ3) is 4.07. The Bertz CT molecular complexity index is 809. The quantitative estimate of drug-likeness (QED) is 0.375. The number of carbonyl (C=O) groups excluding carboxylic acids is 1. The van der Waals surface area contributed by atoms with E-state index in [1.165, 1.54) is 0 Å². The van der Waals surface area contributed by atoms with Gasteiger partial charge in [-0.2, -0.15) is 0 Å². The second-order valence-corrected chi connectivity index (χ2v) is 9.48. The molecule has 153 valence electrons. The first-order chi connectivity index (χ1) is 14.0. The average Bonchev–Trinajstić information content (AvgIpc) is 3.11. The van der Waals surface area contributed by atoms with Crippen molar-refractivity contribution < 1.29 is 14.4 Å². The number of benzene rings is 2. The van der Waals surface area contributed by atoms with E-state index < -0.39 is 13.7 Å². The molecule has 1 heterocycles. The van der Waals surface area contributed by atoms with E-state index >= 15 is 0 Å². The number of ether oxygens (including phenoxy) is 1. The SMILES string of the molecule is C=CCC(C(=C)[P]1(O)N(c2ccccc2)CCN1c1ccccc1)C(=O)OCC. The third-order valence-electron chi connectivity index (χ3n) is 5.07. The zero-order valence-electron chi connectivity index (χ0n) is 16.8. The van der Waals surface area contributed by atoms with Gasteiger partial charge in [-0.15, -0.1) is 6.58 Å². The molecule has 1 aliphatic heterocycles. The summed E-state index contributed by atoms with van der Waals surface area (Å²) >= 11 is 0. The van der Waals surface area contributed by atoms with Gasteiger partial charge in [0.05, 0.1) is 12.5 Å². The maximum absolute atomic E-state index is 12.7. The molecule has 1 N–H and O–H groups in total. The molecule has 0 aromatic heterocycles. The summed E-state index contributed by atoms with van der Waals surface area (Å²) in [5.74, 6) is -1.03. The topological polar surface area (TPSA) is 53.0 Å². The van der Waals surface area contributed by atoms with Crippen molar-refractivity contribution in [3.05, 3.63) is 85.2 Å². The monoisotopic (exact) mass is 411 g/mol. The summed E-state index contributed by atoms with van der Waals surface area (Å²) in [6.07, 6.45) is 2.04. The van der Waals surface area contributed by atoms with Crippen LogP contribution in [0.5, 0.6) is 0 Å². The van der Waals surface area contributed by atoms with Crippen molar-refractivity contribution in [1.82, 2.24) is 0 Å². The molecule has 1 saturated heterocycles. The molecule has 1 radical (unpaired) electrons. The molecule has 0 bridgehead atoms. The standard InChI is InChI=1S/C23H28N2O3P/c1-4-12-22(23(26)28-5-2)19(3)29(27)24(20-13-8-6-9-14-20)17-18-25(29)21-15-10-7-11-16-21/h4,6-11,13-16,22,27H,1,3,5,12,17-18H2,2H3. The normalized spacial score (nSPS) is 16.3. The van der Waals surface area contributed by atoms with Gasteiger partial charge in [0.15, 0.2) is 7.79 Å². The molecular formula is C23H28N2O3P. The lowest BCUT2D eigenvalue weighted by atomic mass is 10.1. The molecule has 6 heteroatoms. The number of para-hydroxylation sites is 2. The van der Waals surface area contributed by atoms with Gasteiger partial charge >= 0.3 is 5.97 Å². The molecule has 0 aliphatic carbocycles. The number of allylic oxidation sites excluding steroid dienone is 1. The Morgan fingerprint density at radius 1 is 1.10 bits per heavy atom. The van der Waals surface area contributed by atoms with Crippen LogP contribution in [-0.2, 0) is 9.53 Å². The third-order valence-corrected chi connectivity index (χ3v) is 8.36. The van der Waals surface area contributed by atoms with Crippen LogP contribution in [0, 0.1) is 5.92 Å². The van der Waals surface area contributed by atoms with Crippen molar-refractivity contribution >= 4 is 25.1 Å². The van der Waals surface area contributed by atoms with Gasteiger partial charge in [0.2, 0.25) is 0 Å². The lowest BCUT2D eigenvalue weighted by Crippen LogP contribution is -2.31. The second-order valence-electron chi connectivity index (χ2n) is 6.81. The van der Waals surface area contributed by atoms with Gasteiger partial charge in [-0.25, -0.2) is 0 Å². The number of nitrogens with zero attached hydrogens (tertiary/aromatic N) is 2. The molecule has 1 aliphatic rings. The van der Waals surface area contributed by atoms with Gasteiger partial charge in [0.1, 0.15) is 0 Å². The molecule has 5 nitrogen and oxygen atoms in total. The number of esters is 1. The number of hydrogen-bond acceptors (Lipinski definition) is 5. The van der Waals surface area contributed by atoms with E-state index in [0.29, 0.717) is 24.8 Å². The van der Waals surface area contributed by atoms with Crippen molar-refractivity contribution in [2.75, 3.05) is 29.0 Å². The first-order valence-electron chi connectivity index (χ1n) is 9.78. The summed E-state index contributed by atoms with van der Waals surface area (Å²) in [5, 5.41) is 0.487. The Morgan fingerprint density at radius 2 is 1.59 bits per heavy atom. The summed E-state index contributed by atoms with van der Waals surface area (Å²) in [6, 6.07) is 19.6. The largest absolute Gasteiger partial charge is 0.466 e. The Hall–Kier alpha value is -2.62. The van der Waals surface area contributed by atoms with Crippen molar-refractivity contribution in [3.8, 4) is 0 Å². The molecule has 29 heavy (non-hydrogen) atoms. The number of anilines is 2. The fourth-order valence-corrected chi connectivity index (χ4v) is 6.83. The van der Waals surface area contributed by atoms with E-state index in [1.807, 2.05) is 70.0 Å². The maximum atomic E-state index is 12.7. The predicted octanol–water partition coefficient (Wildman–Crippen LogP) is 5.04. The first kappa shape index (κ1) is 21.1. The molecule has 2 aromatic carbocycles. The van der Waals surface area contributed by atoms with E-state index in [-0.39, 0.29) is 12.6 Å². The Labute approximate surface area is 173 Å². The summed E-state index contributed by atoms with van der Waals surface area (Å²) in [6.45, 7) is 11.3. The van der Waals surface area contributed by atoms with Crippen LogP contribution < -0.4 is 9.34 Å². The van der Waals surface area contributed by atoms with E-state index in [1.54, 1.807) is 13.0 Å². The lowest BCUT2D eigenvalue weighted by molar-refractivity contribution is -0.146. The van der Waals surface area contributed by atoms with Crippen LogP contribution in [0.1, 0.15) is 13.3 Å². The minimum Gasteiger partial charge on any atom is -0.466 e. The second kappa shape index (κ2) is 9.25. The van der Waals surface area contributed by atoms with Crippen LogP contribution in [0.4, 0.5) is 11.4 Å². The molecule has 0 saturated carbocycles. The van der Waals surface area contributed by atoms with Gasteiger partial charge in [0, 0.05) is 29.8 Å². The smallest absolute Gasteiger partial charge is 0.313 e. The highest BCUT2D eigenvalue weighted by molar-refractivity contribution is 7.77. The molecule has 1 atom stereocenters. The summed E-state index contributed by atoms with van der Waals surface area (Å²) in [7, 11) is -3.11. The molecule has 2 aromatic rings. The van der Waals surface area contributed by atoms with Gasteiger partial charge in [-0.3, -0.25) is 4.79 Å². The fraction of sp³-hybridized carbons (Fsp3) is 0.261. The minimum absolute atomic E-state index is 0.279. The molecule has 0 amide bonds. The summed E-state index contributed by atoms with van der Waals surface area (Å²) < 4.78 is 9.28. The van der Waals surface area contributed by atoms with Gasteiger partial charge in [-0.1, -0.05) is 49.1 Å². The maximum Gasteiger partial charge on any atom is 0.313 e. The highest BCUT2D eigenvalue weighted by Gasteiger charge is 2.50. The highest BCUT2D eigenvalue weighted by Crippen LogP contribution is 2.73. The van der Waals surface area contributed by atoms with E-state index in [4.69, 9.17) is 4.74 Å². The molecule has 3 rings (SSSR count). The number of rotatable bonds is 8. The van der Waals surface area contributed by atoms with E-state index in [0.717, 1.165) is 11.4 Å². The van der Waals surface area contributed by atoms with Crippen molar-refractivity contribution in [2.45, 2.75) is 13.3 Å². The van der Waals surface area contributed by atoms with Crippen molar-refractivity contribution in [1.29, 1.82) is 0 Å². The molecule has 1 unspecified atom stereocenters. The van der Waals surface area contributed by atoms with Gasteiger partial charge in [0.25, 0.3) is 0 Å². The van der Waals surface area contributed by atoms with Crippen LogP contribution in [0.2, 0.25) is 0 Å². The van der Waals surface area contributed by atoms with Crippen molar-refractivity contribution in [2.24, 2.45) is 5.92 Å². The summed E-state index contributed by atoms with van der Waals surface area (Å²) in [4.78, 5) is 24.9. The molecule has 1 fully saturated rings. The summed E-state index contributed by atoms with van der Waals surface area (Å²) in [5.41, 5.74) is 1.81. The van der Waals surface area contributed by atoms with Crippen LogP contribution >= 0.6 is 7.79 Å². The van der Waals surface area contributed by atoms with Gasteiger partial charge in [-0.05, 0) is 37.6 Å². The Kier molecular flexibility index (Phi) is 6.73.